The fourth-order valence-corrected chi connectivity index (χ4v) is 4.40. The molecule has 2 aromatic rings. The van der Waals surface area contributed by atoms with Gasteiger partial charge in [-0.3, -0.25) is 4.72 Å². The lowest BCUT2D eigenvalue weighted by molar-refractivity contribution is 0.0797. The summed E-state index contributed by atoms with van der Waals surface area (Å²) in [6.07, 6.45) is -0.00605. The number of nitrogens with one attached hydrogen (secondary N) is 2. The molecular formula is C17H18F4N2O4S. The second kappa shape index (κ2) is 8.00. The first kappa shape index (κ1) is 20.5. The zero-order chi connectivity index (χ0) is 20.5. The second-order valence-electron chi connectivity index (χ2n) is 6.28. The van der Waals surface area contributed by atoms with Gasteiger partial charge in [0.25, 0.3) is 16.4 Å². The normalized spacial score (nSPS) is 16.9. The first-order valence-corrected chi connectivity index (χ1v) is 9.84. The van der Waals surface area contributed by atoms with E-state index >= 15 is 0 Å². The van der Waals surface area contributed by atoms with Gasteiger partial charge in [-0.15, -0.1) is 0 Å². The summed E-state index contributed by atoms with van der Waals surface area (Å²) in [6, 6.07) is 1.07. The first-order valence-electron chi connectivity index (χ1n) is 8.36. The molecule has 154 valence electrons. The predicted molar refractivity (Wildman–Crippen MR) is 92.3 cm³/mol. The van der Waals surface area contributed by atoms with Crippen molar-refractivity contribution >= 4 is 15.7 Å². The van der Waals surface area contributed by atoms with Crippen LogP contribution in [-0.4, -0.2) is 39.6 Å². The third-order valence-corrected chi connectivity index (χ3v) is 5.87. The summed E-state index contributed by atoms with van der Waals surface area (Å²) in [4.78, 5) is 2.83. The molecule has 1 aromatic carbocycles. The Bertz CT molecular complexity index is 962. The number of fused-ring (bicyclic) bond motifs is 1. The summed E-state index contributed by atoms with van der Waals surface area (Å²) in [5, 5.41) is 0. The fraction of sp³-hybridized carbons (Fsp3) is 0.412. The highest BCUT2D eigenvalue weighted by Crippen LogP contribution is 2.31. The maximum atomic E-state index is 14.2. The molecule has 3 rings (SSSR count). The largest absolute Gasteiger partial charge is 0.484 e. The van der Waals surface area contributed by atoms with Crippen LogP contribution < -0.4 is 9.46 Å². The Balaban J connectivity index is 1.84. The van der Waals surface area contributed by atoms with Gasteiger partial charge in [-0.25, -0.2) is 26.0 Å². The minimum absolute atomic E-state index is 0.0259. The van der Waals surface area contributed by atoms with Crippen molar-refractivity contribution < 1.29 is 35.5 Å². The topological polar surface area (TPSA) is 80.4 Å². The molecule has 1 atom stereocenters. The average Bonchev–Trinajstić information content (AvgIpc) is 3.07. The number of anilines is 1. The molecule has 1 heterocycles. The summed E-state index contributed by atoms with van der Waals surface area (Å²) in [6.45, 7) is -1.11. The molecule has 2 N–H and O–H groups in total. The van der Waals surface area contributed by atoms with E-state index in [0.717, 1.165) is 0 Å². The van der Waals surface area contributed by atoms with E-state index in [1.165, 1.54) is 6.20 Å². The Morgan fingerprint density at radius 1 is 1.29 bits per heavy atom. The Kier molecular flexibility index (Phi) is 5.84. The number of hydrogen-bond donors (Lipinski definition) is 2. The molecule has 1 unspecified atom stereocenters. The van der Waals surface area contributed by atoms with E-state index in [-0.39, 0.29) is 11.0 Å². The molecule has 0 bridgehead atoms. The number of sulfonamides is 1. The third-order valence-electron chi connectivity index (χ3n) is 4.44. The van der Waals surface area contributed by atoms with Crippen LogP contribution in [0.3, 0.4) is 0 Å². The average molecular weight is 422 g/mol. The van der Waals surface area contributed by atoms with Gasteiger partial charge in [-0.1, -0.05) is 0 Å². The Labute approximate surface area is 158 Å². The van der Waals surface area contributed by atoms with E-state index in [1.54, 1.807) is 7.11 Å². The molecular weight excluding hydrogens is 404 g/mol. The quantitative estimate of drug-likeness (QED) is 0.672. The molecule has 6 nitrogen and oxygen atoms in total. The van der Waals surface area contributed by atoms with Crippen LogP contribution in [0.15, 0.2) is 23.2 Å². The summed E-state index contributed by atoms with van der Waals surface area (Å²) in [7, 11) is -2.63. The van der Waals surface area contributed by atoms with Crippen molar-refractivity contribution in [2.45, 2.75) is 36.7 Å². The zero-order valence-electron chi connectivity index (χ0n) is 14.8. The maximum absolute atomic E-state index is 14.2. The van der Waals surface area contributed by atoms with Crippen LogP contribution in [-0.2, 0) is 27.6 Å². The number of aromatic amines is 1. The van der Waals surface area contributed by atoms with Gasteiger partial charge in [0.1, 0.15) is 11.5 Å². The van der Waals surface area contributed by atoms with Gasteiger partial charge < -0.3 is 14.5 Å². The summed E-state index contributed by atoms with van der Waals surface area (Å²) in [5.74, 6) is -3.05. The summed E-state index contributed by atoms with van der Waals surface area (Å²) >= 11 is 0. The Morgan fingerprint density at radius 3 is 2.71 bits per heavy atom. The zero-order valence-corrected chi connectivity index (χ0v) is 15.6. The number of alkyl halides is 2. The minimum atomic E-state index is -4.20. The number of methoxy groups -OCH3 is 1. The highest BCUT2D eigenvalue weighted by molar-refractivity contribution is 7.92. The molecule has 28 heavy (non-hydrogen) atoms. The molecule has 0 aliphatic heterocycles. The van der Waals surface area contributed by atoms with Crippen molar-refractivity contribution in [2.75, 3.05) is 18.4 Å². The maximum Gasteiger partial charge on any atom is 0.272 e. The first-order chi connectivity index (χ1) is 13.2. The van der Waals surface area contributed by atoms with Gasteiger partial charge in [0.15, 0.2) is 17.4 Å². The van der Waals surface area contributed by atoms with Crippen molar-refractivity contribution in [2.24, 2.45) is 0 Å². The van der Waals surface area contributed by atoms with Crippen molar-refractivity contribution in [1.82, 2.24) is 4.98 Å². The molecule has 0 spiro atoms. The SMILES string of the molecule is COC1CCc2c(S(=O)(=O)Nc3cc(F)c(OCC(F)F)cc3F)c[nH]c2C1. The lowest BCUT2D eigenvalue weighted by Crippen LogP contribution is -2.22. The number of halogens is 4. The number of ether oxygens (including phenoxy) is 2. The number of benzene rings is 1. The van der Waals surface area contributed by atoms with Crippen LogP contribution in [0, 0.1) is 11.6 Å². The van der Waals surface area contributed by atoms with Crippen molar-refractivity contribution in [3.05, 3.63) is 41.2 Å². The van der Waals surface area contributed by atoms with Crippen LogP contribution in [0.1, 0.15) is 17.7 Å². The lowest BCUT2D eigenvalue weighted by Gasteiger charge is -2.21. The molecule has 0 radical (unpaired) electrons. The highest BCUT2D eigenvalue weighted by Gasteiger charge is 2.29. The van der Waals surface area contributed by atoms with Gasteiger partial charge >= 0.3 is 0 Å². The number of aromatic nitrogens is 1. The van der Waals surface area contributed by atoms with E-state index in [4.69, 9.17) is 4.74 Å². The smallest absolute Gasteiger partial charge is 0.272 e. The number of hydrogen-bond acceptors (Lipinski definition) is 4. The van der Waals surface area contributed by atoms with Crippen LogP contribution in [0.25, 0.3) is 0 Å². The van der Waals surface area contributed by atoms with Gasteiger partial charge in [-0.2, -0.15) is 0 Å². The summed E-state index contributed by atoms with van der Waals surface area (Å²) < 4.78 is 89.5. The summed E-state index contributed by atoms with van der Waals surface area (Å²) in [5.41, 5.74) is 0.627. The minimum Gasteiger partial charge on any atom is -0.484 e. The molecule has 1 aliphatic rings. The van der Waals surface area contributed by atoms with Gasteiger partial charge in [0.05, 0.1) is 11.8 Å². The van der Waals surface area contributed by atoms with Crippen LogP contribution in [0.5, 0.6) is 5.75 Å². The van der Waals surface area contributed by atoms with Gasteiger partial charge in [0.2, 0.25) is 0 Å². The van der Waals surface area contributed by atoms with E-state index in [0.29, 0.717) is 42.7 Å². The fourth-order valence-electron chi connectivity index (χ4n) is 3.08. The molecule has 11 heteroatoms. The Hall–Kier alpha value is -2.27. The monoisotopic (exact) mass is 422 g/mol. The van der Waals surface area contributed by atoms with E-state index in [2.05, 4.69) is 9.72 Å². The highest BCUT2D eigenvalue weighted by atomic mass is 32.2. The molecule has 1 aromatic heterocycles. The van der Waals surface area contributed by atoms with Crippen LogP contribution in [0.4, 0.5) is 23.2 Å². The van der Waals surface area contributed by atoms with E-state index < -0.39 is 46.1 Å². The van der Waals surface area contributed by atoms with Gasteiger partial charge in [-0.05, 0) is 18.4 Å². The lowest BCUT2D eigenvalue weighted by atomic mass is 9.95. The standard InChI is InChI=1S/C17H18F4N2O4S/c1-26-9-2-3-10-13(4-9)22-7-16(10)28(24,25)23-14-5-12(19)15(6-11(14)18)27-8-17(20)21/h5-7,9,17,22-23H,2-4,8H2,1H3. The van der Waals surface area contributed by atoms with Crippen LogP contribution in [0.2, 0.25) is 0 Å². The number of H-pyrrole nitrogens is 1. The van der Waals surface area contributed by atoms with Crippen molar-refractivity contribution in [1.29, 1.82) is 0 Å². The molecule has 0 amide bonds. The van der Waals surface area contributed by atoms with E-state index in [1.807, 2.05) is 4.72 Å². The molecule has 0 saturated heterocycles. The number of rotatable bonds is 7. The molecule has 0 saturated carbocycles. The van der Waals surface area contributed by atoms with Crippen LogP contribution >= 0.6 is 0 Å². The van der Waals surface area contributed by atoms with Gasteiger partial charge in [0, 0.05) is 37.6 Å². The van der Waals surface area contributed by atoms with E-state index in [9.17, 15) is 26.0 Å². The molecule has 0 fully saturated rings. The second-order valence-corrected chi connectivity index (χ2v) is 7.93. The third kappa shape index (κ3) is 4.25. The Morgan fingerprint density at radius 2 is 2.04 bits per heavy atom. The van der Waals surface area contributed by atoms with Crippen molar-refractivity contribution in [3.63, 3.8) is 0 Å². The predicted octanol–water partition coefficient (Wildman–Crippen LogP) is 3.24. The van der Waals surface area contributed by atoms with Crippen molar-refractivity contribution in [3.8, 4) is 5.75 Å². The molecule has 1 aliphatic carbocycles.